The molecule has 29 heavy (non-hydrogen) atoms. The van der Waals surface area contributed by atoms with Gasteiger partial charge in [-0.15, -0.1) is 0 Å². The first-order valence-corrected chi connectivity index (χ1v) is 9.47. The lowest BCUT2D eigenvalue weighted by Crippen LogP contribution is -2.50. The molecule has 0 spiro atoms. The molecule has 0 aromatic heterocycles. The number of para-hydroxylation sites is 2. The largest absolute Gasteiger partial charge is 0.484 e. The molecular weight excluding hydrogens is 372 g/mol. The van der Waals surface area contributed by atoms with Gasteiger partial charge >= 0.3 is 0 Å². The average Bonchev–Trinajstić information content (AvgIpc) is 2.76. The zero-order valence-electron chi connectivity index (χ0n) is 16.0. The molecule has 2 aromatic rings. The van der Waals surface area contributed by atoms with Crippen LogP contribution in [-0.2, 0) is 20.8 Å². The summed E-state index contributed by atoms with van der Waals surface area (Å²) < 4.78 is 5.29. The van der Waals surface area contributed by atoms with E-state index in [1.165, 1.54) is 5.56 Å². The first-order valence-electron chi connectivity index (χ1n) is 9.47. The molecule has 0 aliphatic carbocycles. The molecule has 1 aliphatic heterocycles. The Kier molecular flexibility index (Phi) is 7.05. The number of amides is 3. The van der Waals surface area contributed by atoms with Crippen molar-refractivity contribution in [1.29, 1.82) is 0 Å². The summed E-state index contributed by atoms with van der Waals surface area (Å²) in [5.41, 5.74) is 6.95. The third kappa shape index (κ3) is 6.24. The Morgan fingerprint density at radius 1 is 0.897 bits per heavy atom. The Balaban J connectivity index is 1.34. The van der Waals surface area contributed by atoms with Gasteiger partial charge in [0.25, 0.3) is 17.7 Å². The van der Waals surface area contributed by atoms with E-state index < -0.39 is 11.8 Å². The van der Waals surface area contributed by atoms with Gasteiger partial charge in [-0.25, -0.2) is 0 Å². The van der Waals surface area contributed by atoms with Gasteiger partial charge in [0.05, 0.1) is 13.1 Å². The minimum atomic E-state index is -0.523. The molecule has 1 heterocycles. The third-order valence-corrected chi connectivity index (χ3v) is 4.44. The second kappa shape index (κ2) is 10.1. The quantitative estimate of drug-likeness (QED) is 0.601. The summed E-state index contributed by atoms with van der Waals surface area (Å²) in [4.78, 5) is 37.7. The summed E-state index contributed by atoms with van der Waals surface area (Å²) in [5, 5.41) is 2.43. The number of hydrogen-bond donors (Lipinski definition) is 3. The third-order valence-electron chi connectivity index (χ3n) is 4.44. The van der Waals surface area contributed by atoms with Crippen molar-refractivity contribution in [2.75, 3.05) is 31.1 Å². The number of hydrogen-bond acceptors (Lipinski definition) is 5. The predicted molar refractivity (Wildman–Crippen MR) is 108 cm³/mol. The van der Waals surface area contributed by atoms with Gasteiger partial charge in [-0.05, 0) is 36.6 Å². The van der Waals surface area contributed by atoms with Crippen molar-refractivity contribution < 1.29 is 19.1 Å². The highest BCUT2D eigenvalue weighted by molar-refractivity contribution is 5.88. The zero-order chi connectivity index (χ0) is 20.5. The fourth-order valence-electron chi connectivity index (χ4n) is 3.07. The summed E-state index contributed by atoms with van der Waals surface area (Å²) in [5.74, 6) is -0.710. The number of carbonyl (C=O) groups excluding carboxylic acids is 3. The number of ether oxygens (including phenoxy) is 1. The molecule has 1 aliphatic rings. The first kappa shape index (κ1) is 20.2. The van der Waals surface area contributed by atoms with Crippen molar-refractivity contribution in [2.45, 2.75) is 12.8 Å². The van der Waals surface area contributed by atoms with E-state index in [4.69, 9.17) is 4.74 Å². The van der Waals surface area contributed by atoms with Gasteiger partial charge in [0.15, 0.2) is 6.61 Å². The molecule has 3 N–H and O–H groups in total. The van der Waals surface area contributed by atoms with E-state index in [0.717, 1.165) is 25.1 Å². The van der Waals surface area contributed by atoms with Gasteiger partial charge < -0.3 is 15.0 Å². The maximum absolute atomic E-state index is 12.1. The number of rotatable bonds is 7. The monoisotopic (exact) mass is 396 g/mol. The Morgan fingerprint density at radius 3 is 2.45 bits per heavy atom. The standard InChI is InChI=1S/C21H24N4O4/c26-19(13-22-21(28)15-29-17-9-2-1-3-10-17)23-24-20(27)14-25-12-6-8-16-7-4-5-11-18(16)25/h1-5,7,9-11H,6,8,12-15H2,(H,22,28)(H,23,26)(H,24,27). The molecule has 0 bridgehead atoms. The van der Waals surface area contributed by atoms with Crippen LogP contribution in [0.15, 0.2) is 54.6 Å². The Bertz CT molecular complexity index is 857. The lowest BCUT2D eigenvalue weighted by atomic mass is 10.0. The number of benzene rings is 2. The van der Waals surface area contributed by atoms with Gasteiger partial charge in [-0.3, -0.25) is 25.2 Å². The Hall–Kier alpha value is -3.55. The number of aryl methyl sites for hydroxylation is 1. The fourth-order valence-corrected chi connectivity index (χ4v) is 3.07. The number of anilines is 1. The zero-order valence-corrected chi connectivity index (χ0v) is 16.0. The van der Waals surface area contributed by atoms with Gasteiger partial charge in [0.2, 0.25) is 0 Å². The average molecular weight is 396 g/mol. The molecular formula is C21H24N4O4. The molecule has 2 aromatic carbocycles. The maximum Gasteiger partial charge on any atom is 0.258 e. The molecule has 8 heteroatoms. The van der Waals surface area contributed by atoms with Gasteiger partial charge in [-0.2, -0.15) is 0 Å². The van der Waals surface area contributed by atoms with Gasteiger partial charge in [-0.1, -0.05) is 36.4 Å². The van der Waals surface area contributed by atoms with Crippen molar-refractivity contribution >= 4 is 23.4 Å². The molecule has 3 amide bonds. The molecule has 0 radical (unpaired) electrons. The fraction of sp³-hybridized carbons (Fsp3) is 0.286. The van der Waals surface area contributed by atoms with E-state index in [2.05, 4.69) is 22.2 Å². The van der Waals surface area contributed by atoms with E-state index in [0.29, 0.717) is 5.75 Å². The lowest BCUT2D eigenvalue weighted by molar-refractivity contribution is -0.129. The van der Waals surface area contributed by atoms with Crippen LogP contribution in [-0.4, -0.2) is 44.0 Å². The van der Waals surface area contributed by atoms with Crippen LogP contribution < -0.4 is 25.8 Å². The molecule has 0 atom stereocenters. The van der Waals surface area contributed by atoms with Crippen molar-refractivity contribution in [3.63, 3.8) is 0 Å². The maximum atomic E-state index is 12.1. The molecule has 0 saturated heterocycles. The highest BCUT2D eigenvalue weighted by atomic mass is 16.5. The normalized spacial score (nSPS) is 12.5. The summed E-state index contributed by atoms with van der Waals surface area (Å²) in [6, 6.07) is 16.9. The summed E-state index contributed by atoms with van der Waals surface area (Å²) in [6.07, 6.45) is 1.98. The number of carbonyl (C=O) groups is 3. The van der Waals surface area contributed by atoms with Crippen LogP contribution in [0.25, 0.3) is 0 Å². The molecule has 8 nitrogen and oxygen atoms in total. The first-order chi connectivity index (χ1) is 14.1. The predicted octanol–water partition coefficient (Wildman–Crippen LogP) is 0.782. The van der Waals surface area contributed by atoms with Crippen molar-refractivity contribution in [1.82, 2.24) is 16.2 Å². The highest BCUT2D eigenvalue weighted by Gasteiger charge is 2.18. The van der Waals surface area contributed by atoms with Crippen LogP contribution in [0.3, 0.4) is 0 Å². The molecule has 152 valence electrons. The SMILES string of the molecule is O=C(COc1ccccc1)NCC(=O)NNC(=O)CN1CCCc2ccccc21. The summed E-state index contributed by atoms with van der Waals surface area (Å²) >= 11 is 0. The lowest BCUT2D eigenvalue weighted by Gasteiger charge is -2.30. The van der Waals surface area contributed by atoms with E-state index in [1.54, 1.807) is 24.3 Å². The highest BCUT2D eigenvalue weighted by Crippen LogP contribution is 2.26. The Labute approximate surface area is 169 Å². The molecule has 0 fully saturated rings. The summed E-state index contributed by atoms with van der Waals surface area (Å²) in [7, 11) is 0. The number of hydrazine groups is 1. The molecule has 3 rings (SSSR count). The summed E-state index contributed by atoms with van der Waals surface area (Å²) in [6.45, 7) is 0.478. The van der Waals surface area contributed by atoms with Crippen molar-refractivity contribution in [3.8, 4) is 5.75 Å². The van der Waals surface area contributed by atoms with Crippen LogP contribution in [0, 0.1) is 0 Å². The molecule has 0 saturated carbocycles. The van der Waals surface area contributed by atoms with Crippen LogP contribution >= 0.6 is 0 Å². The number of fused-ring (bicyclic) bond motifs is 1. The minimum absolute atomic E-state index is 0.147. The van der Waals surface area contributed by atoms with Crippen LogP contribution in [0.1, 0.15) is 12.0 Å². The minimum Gasteiger partial charge on any atom is -0.484 e. The number of nitrogens with zero attached hydrogens (tertiary/aromatic N) is 1. The van der Waals surface area contributed by atoms with Crippen molar-refractivity contribution in [3.05, 3.63) is 60.2 Å². The van der Waals surface area contributed by atoms with E-state index in [9.17, 15) is 14.4 Å². The van der Waals surface area contributed by atoms with Crippen LogP contribution in [0.4, 0.5) is 5.69 Å². The van der Waals surface area contributed by atoms with Gasteiger partial charge in [0.1, 0.15) is 5.75 Å². The second-order valence-corrected chi connectivity index (χ2v) is 6.63. The van der Waals surface area contributed by atoms with Crippen LogP contribution in [0.5, 0.6) is 5.75 Å². The topological polar surface area (TPSA) is 99.8 Å². The number of nitrogens with one attached hydrogen (secondary N) is 3. The van der Waals surface area contributed by atoms with Crippen LogP contribution in [0.2, 0.25) is 0 Å². The molecule has 0 unspecified atom stereocenters. The van der Waals surface area contributed by atoms with Gasteiger partial charge in [0, 0.05) is 12.2 Å². The van der Waals surface area contributed by atoms with E-state index in [-0.39, 0.29) is 25.6 Å². The Morgan fingerprint density at radius 2 is 1.62 bits per heavy atom. The second-order valence-electron chi connectivity index (χ2n) is 6.63. The van der Waals surface area contributed by atoms with Crippen molar-refractivity contribution in [2.24, 2.45) is 0 Å². The smallest absolute Gasteiger partial charge is 0.258 e. The van der Waals surface area contributed by atoms with E-state index in [1.807, 2.05) is 29.2 Å². The van der Waals surface area contributed by atoms with E-state index >= 15 is 0 Å².